The first-order chi connectivity index (χ1) is 14.8. The number of esters is 1. The second-order valence-corrected chi connectivity index (χ2v) is 15.2. The van der Waals surface area contributed by atoms with E-state index in [0.29, 0.717) is 19.5 Å². The number of halogens is 4. The van der Waals surface area contributed by atoms with Crippen molar-refractivity contribution in [3.8, 4) is 0 Å². The number of nitrogens with zero attached hydrogens (tertiary/aromatic N) is 2. The van der Waals surface area contributed by atoms with Gasteiger partial charge < -0.3 is 14.2 Å². The highest BCUT2D eigenvalue weighted by Crippen LogP contribution is 2.35. The Bertz CT molecular complexity index is 674. The van der Waals surface area contributed by atoms with Gasteiger partial charge in [0.05, 0.1) is 51.1 Å². The molecular weight excluding hydrogens is 882 g/mol. The van der Waals surface area contributed by atoms with Crippen LogP contribution >= 0.6 is 90.9 Å². The van der Waals surface area contributed by atoms with Crippen LogP contribution in [0.25, 0.3) is 0 Å². The zero-order valence-electron chi connectivity index (χ0n) is 16.8. The number of hydrogen-bond acceptors (Lipinski definition) is 11. The van der Waals surface area contributed by atoms with E-state index in [1.165, 1.54) is 0 Å². The van der Waals surface area contributed by atoms with E-state index in [0.717, 1.165) is 25.7 Å². The number of hydrogen-bond donors (Lipinski definition) is 5. The SMILES string of the molecule is NN(I)C(=O)OCC1(COC(=O)N(N)I)CNC2(CCCCC2OC(=O)C(N)(I)I)NC1. The zero-order chi connectivity index (χ0) is 24.2. The summed E-state index contributed by atoms with van der Waals surface area (Å²) in [4.78, 5) is 36.1. The molecule has 0 aromatic rings. The van der Waals surface area contributed by atoms with Crippen molar-refractivity contribution in [2.45, 2.75) is 39.0 Å². The Hall–Kier alpha value is 0.730. The topological polar surface area (TPSA) is 188 Å². The summed E-state index contributed by atoms with van der Waals surface area (Å²) in [6.45, 7) is 0.480. The maximum absolute atomic E-state index is 12.4. The van der Waals surface area contributed by atoms with Gasteiger partial charge in [-0.15, -0.1) is 0 Å². The number of carbonyl (C=O) groups excluding carboxylic acids is 3. The average Bonchev–Trinajstić information content (AvgIpc) is 2.73. The third kappa shape index (κ3) is 7.87. The van der Waals surface area contributed by atoms with Crippen molar-refractivity contribution >= 4 is 109 Å². The molecule has 1 saturated carbocycles. The summed E-state index contributed by atoms with van der Waals surface area (Å²) in [7, 11) is 0. The summed E-state index contributed by atoms with van der Waals surface area (Å²) in [6, 6.07) is 0. The van der Waals surface area contributed by atoms with Gasteiger partial charge in [-0.25, -0.2) is 26.1 Å². The van der Waals surface area contributed by atoms with Crippen molar-refractivity contribution in [3.63, 3.8) is 0 Å². The van der Waals surface area contributed by atoms with Crippen LogP contribution in [-0.4, -0.2) is 64.2 Å². The number of carbonyl (C=O) groups is 3. The first kappa shape index (κ1) is 29.0. The van der Waals surface area contributed by atoms with E-state index < -0.39 is 36.9 Å². The highest BCUT2D eigenvalue weighted by atomic mass is 127. The molecule has 2 rings (SSSR count). The molecule has 13 nitrogen and oxygen atoms in total. The minimum atomic E-state index is -1.17. The van der Waals surface area contributed by atoms with Crippen LogP contribution in [0.5, 0.6) is 0 Å². The Balaban J connectivity index is 2.14. The quantitative estimate of drug-likeness (QED) is 0.0297. The van der Waals surface area contributed by atoms with Crippen LogP contribution in [0.2, 0.25) is 0 Å². The Labute approximate surface area is 240 Å². The number of alkyl halides is 2. The summed E-state index contributed by atoms with van der Waals surface area (Å²) in [5.74, 6) is 10.3. The van der Waals surface area contributed by atoms with Crippen LogP contribution < -0.4 is 28.1 Å². The monoisotopic (exact) mass is 907 g/mol. The molecule has 2 fully saturated rings. The third-order valence-corrected chi connectivity index (χ3v) is 6.94. The van der Waals surface area contributed by atoms with Crippen molar-refractivity contribution in [3.05, 3.63) is 0 Å². The van der Waals surface area contributed by atoms with Crippen molar-refractivity contribution in [2.24, 2.45) is 22.8 Å². The Morgan fingerprint density at radius 2 is 1.50 bits per heavy atom. The molecular formula is C15H25I4N7O6. The molecule has 17 heteroatoms. The summed E-state index contributed by atoms with van der Waals surface area (Å²) >= 11 is 6.85. The fourth-order valence-corrected chi connectivity index (χ4v) is 4.06. The highest BCUT2D eigenvalue weighted by molar-refractivity contribution is 14.2. The van der Waals surface area contributed by atoms with Crippen molar-refractivity contribution in [2.75, 3.05) is 26.3 Å². The predicted molar refractivity (Wildman–Crippen MR) is 147 cm³/mol. The Kier molecular flexibility index (Phi) is 11.0. The normalized spacial score (nSPS) is 22.0. The maximum atomic E-state index is 12.4. The second kappa shape index (κ2) is 12.1. The molecule has 1 aliphatic carbocycles. The summed E-state index contributed by atoms with van der Waals surface area (Å²) in [5.41, 5.74) is 4.40. The van der Waals surface area contributed by atoms with Gasteiger partial charge in [0.2, 0.25) is 1.55 Å². The lowest BCUT2D eigenvalue weighted by molar-refractivity contribution is -0.159. The molecule has 0 aromatic heterocycles. The first-order valence-electron chi connectivity index (χ1n) is 9.43. The maximum Gasteiger partial charge on any atom is 0.433 e. The summed E-state index contributed by atoms with van der Waals surface area (Å²) in [5, 5.41) is 6.86. The van der Waals surface area contributed by atoms with E-state index in [4.69, 9.17) is 31.6 Å². The standard InChI is InChI=1S/C15H25I4N7O6/c16-15(17,20)10(27)32-9-3-1-2-4-14(9)23-5-13(6-24-14,7-30-11(28)25(18)21)8-31-12(29)26(19)22/h9,23-24H,1-8,20-22H2. The third-order valence-electron chi connectivity index (χ3n) is 5.27. The largest absolute Gasteiger partial charge is 0.456 e. The predicted octanol–water partition coefficient (Wildman–Crippen LogP) is 1.15. The molecule has 2 aliphatic rings. The molecule has 1 saturated heterocycles. The summed E-state index contributed by atoms with van der Waals surface area (Å²) in [6.07, 6.45) is 1.31. The van der Waals surface area contributed by atoms with E-state index in [1.54, 1.807) is 45.7 Å². The van der Waals surface area contributed by atoms with Crippen molar-refractivity contribution < 1.29 is 28.6 Å². The van der Waals surface area contributed by atoms with Crippen molar-refractivity contribution in [1.29, 1.82) is 0 Å². The van der Waals surface area contributed by atoms with Crippen molar-refractivity contribution in [1.82, 2.24) is 17.1 Å². The number of hydrazine groups is 2. The molecule has 0 radical (unpaired) electrons. The van der Waals surface area contributed by atoms with Gasteiger partial charge in [-0.2, -0.15) is 6.44 Å². The minimum absolute atomic E-state index is 0.0738. The lowest BCUT2D eigenvalue weighted by atomic mass is 9.79. The molecule has 0 bridgehead atoms. The van der Waals surface area contributed by atoms with E-state index >= 15 is 0 Å². The minimum Gasteiger partial charge on any atom is -0.456 e. The molecule has 2 amide bonds. The van der Waals surface area contributed by atoms with E-state index in [2.05, 4.69) is 10.6 Å². The molecule has 1 unspecified atom stereocenters. The van der Waals surface area contributed by atoms with E-state index in [9.17, 15) is 14.4 Å². The fourth-order valence-electron chi connectivity index (χ4n) is 3.53. The molecule has 1 spiro atoms. The van der Waals surface area contributed by atoms with Gasteiger partial charge in [-0.1, -0.05) is 0 Å². The van der Waals surface area contributed by atoms with E-state index in [1.807, 2.05) is 45.2 Å². The number of amides is 2. The van der Waals surface area contributed by atoms with E-state index in [-0.39, 0.29) is 13.2 Å². The van der Waals surface area contributed by atoms with Crippen LogP contribution in [-0.2, 0) is 19.0 Å². The number of nitrogens with two attached hydrogens (primary N) is 3. The van der Waals surface area contributed by atoms with Gasteiger partial charge in [0, 0.05) is 13.1 Å². The lowest BCUT2D eigenvalue weighted by Crippen LogP contribution is -2.74. The number of nitrogens with one attached hydrogen (secondary N) is 2. The molecule has 184 valence electrons. The van der Waals surface area contributed by atoms with Gasteiger partial charge >= 0.3 is 18.2 Å². The molecule has 1 heterocycles. The molecule has 1 aliphatic heterocycles. The van der Waals surface area contributed by atoms with Gasteiger partial charge in [0.15, 0.2) is 0 Å². The molecule has 8 N–H and O–H groups in total. The van der Waals surface area contributed by atoms with Crippen LogP contribution in [0.3, 0.4) is 0 Å². The fraction of sp³-hybridized carbons (Fsp3) is 0.800. The molecule has 0 aromatic carbocycles. The van der Waals surface area contributed by atoms with Gasteiger partial charge in [-0.05, 0) is 70.9 Å². The second-order valence-electron chi connectivity index (χ2n) is 7.67. The smallest absolute Gasteiger partial charge is 0.433 e. The van der Waals surface area contributed by atoms with Crippen LogP contribution in [0, 0.1) is 5.41 Å². The Morgan fingerprint density at radius 1 is 1.00 bits per heavy atom. The average molecular weight is 907 g/mol. The molecule has 32 heavy (non-hydrogen) atoms. The first-order valence-corrected chi connectivity index (χ1v) is 13.5. The van der Waals surface area contributed by atoms with Gasteiger partial charge in [0.25, 0.3) is 0 Å². The van der Waals surface area contributed by atoms with Crippen LogP contribution in [0.4, 0.5) is 9.59 Å². The summed E-state index contributed by atoms with van der Waals surface area (Å²) < 4.78 is 16.7. The number of ether oxygens (including phenoxy) is 3. The number of rotatable bonds is 6. The van der Waals surface area contributed by atoms with Crippen LogP contribution in [0.1, 0.15) is 25.7 Å². The lowest BCUT2D eigenvalue weighted by Gasteiger charge is -2.52. The van der Waals surface area contributed by atoms with Gasteiger partial charge in [-0.3, -0.25) is 16.4 Å². The Morgan fingerprint density at radius 3 is 1.94 bits per heavy atom. The van der Waals surface area contributed by atoms with Gasteiger partial charge in [0.1, 0.15) is 25.0 Å². The molecule has 1 atom stereocenters. The zero-order valence-corrected chi connectivity index (χ0v) is 25.5. The van der Waals surface area contributed by atoms with Crippen LogP contribution in [0.15, 0.2) is 0 Å². The highest BCUT2D eigenvalue weighted by Gasteiger charge is 2.51.